The van der Waals surface area contributed by atoms with Crippen molar-refractivity contribution in [3.8, 4) is 0 Å². The summed E-state index contributed by atoms with van der Waals surface area (Å²) in [6.45, 7) is 7.52. The molecule has 1 aliphatic rings. The minimum Gasteiger partial charge on any atom is -0.313 e. The third-order valence-electron chi connectivity index (χ3n) is 4.35. The summed E-state index contributed by atoms with van der Waals surface area (Å²) >= 11 is 12.0. The number of benzene rings is 1. The molecule has 0 spiro atoms. The fourth-order valence-corrected chi connectivity index (χ4v) is 5.46. The van der Waals surface area contributed by atoms with Crippen LogP contribution >= 0.6 is 23.2 Å². The van der Waals surface area contributed by atoms with E-state index in [2.05, 4.69) is 26.1 Å². The van der Waals surface area contributed by atoms with Gasteiger partial charge in [-0.3, -0.25) is 4.21 Å². The number of rotatable bonds is 4. The lowest BCUT2D eigenvalue weighted by Crippen LogP contribution is -2.53. The first-order chi connectivity index (χ1) is 9.86. The number of hydrogen-bond acceptors (Lipinski definition) is 2. The van der Waals surface area contributed by atoms with E-state index < -0.39 is 10.8 Å². The van der Waals surface area contributed by atoms with Gasteiger partial charge in [-0.2, -0.15) is 0 Å². The molecule has 1 N–H and O–H groups in total. The Bertz CT molecular complexity index is 533. The summed E-state index contributed by atoms with van der Waals surface area (Å²) in [6, 6.07) is 5.55. The average Bonchev–Trinajstić information content (AvgIpc) is 2.43. The summed E-state index contributed by atoms with van der Waals surface area (Å²) in [5.41, 5.74) is 0.158. The summed E-state index contributed by atoms with van der Waals surface area (Å²) in [6.07, 6.45) is 3.26. The molecule has 0 radical (unpaired) electrons. The highest BCUT2D eigenvalue weighted by molar-refractivity contribution is 7.85. The van der Waals surface area contributed by atoms with Gasteiger partial charge in [0.15, 0.2) is 0 Å². The normalized spacial score (nSPS) is 26.5. The van der Waals surface area contributed by atoms with Crippen molar-refractivity contribution >= 4 is 34.0 Å². The summed E-state index contributed by atoms with van der Waals surface area (Å²) in [5, 5.41) is 4.64. The van der Waals surface area contributed by atoms with Crippen LogP contribution in [0, 0.1) is 5.41 Å². The first kappa shape index (κ1) is 17.3. The van der Waals surface area contributed by atoms with Crippen LogP contribution in [0.15, 0.2) is 23.1 Å². The highest BCUT2D eigenvalue weighted by atomic mass is 35.5. The molecule has 2 nitrogen and oxygen atoms in total. The molecule has 3 atom stereocenters. The van der Waals surface area contributed by atoms with E-state index in [0.29, 0.717) is 10.0 Å². The topological polar surface area (TPSA) is 29.1 Å². The van der Waals surface area contributed by atoms with Crippen LogP contribution < -0.4 is 5.32 Å². The van der Waals surface area contributed by atoms with Gasteiger partial charge in [0.05, 0.1) is 26.1 Å². The van der Waals surface area contributed by atoms with Crippen molar-refractivity contribution in [1.82, 2.24) is 5.32 Å². The second-order valence-corrected chi connectivity index (χ2v) is 8.81. The van der Waals surface area contributed by atoms with E-state index in [1.807, 2.05) is 6.07 Å². The second-order valence-electron chi connectivity index (χ2n) is 6.33. The molecule has 1 saturated carbocycles. The molecular formula is C16H23Cl2NOS. The van der Waals surface area contributed by atoms with Gasteiger partial charge in [-0.25, -0.2) is 0 Å². The Morgan fingerprint density at radius 2 is 2.05 bits per heavy atom. The van der Waals surface area contributed by atoms with E-state index in [1.165, 1.54) is 6.42 Å². The molecule has 21 heavy (non-hydrogen) atoms. The molecule has 1 aliphatic carbocycles. The van der Waals surface area contributed by atoms with Crippen molar-refractivity contribution < 1.29 is 4.21 Å². The molecule has 118 valence electrons. The zero-order valence-electron chi connectivity index (χ0n) is 12.8. The van der Waals surface area contributed by atoms with Gasteiger partial charge in [-0.15, -0.1) is 0 Å². The standard InChI is InChI=1S/C16H23Cl2NOS/c1-4-19-15-14(6-5-9-16(15,2)3)21(20)11-7-8-12(17)13(18)10-11/h7-8,10,14-15,19H,4-6,9H2,1-3H3. The molecule has 1 fully saturated rings. The van der Waals surface area contributed by atoms with Crippen molar-refractivity contribution in [2.24, 2.45) is 5.41 Å². The largest absolute Gasteiger partial charge is 0.313 e. The van der Waals surface area contributed by atoms with Crippen LogP contribution in [0.5, 0.6) is 0 Å². The first-order valence-corrected chi connectivity index (χ1v) is 9.42. The van der Waals surface area contributed by atoms with Gasteiger partial charge in [0.1, 0.15) is 0 Å². The van der Waals surface area contributed by atoms with E-state index in [-0.39, 0.29) is 16.7 Å². The molecular weight excluding hydrogens is 325 g/mol. The maximum absolute atomic E-state index is 13.0. The van der Waals surface area contributed by atoms with Crippen LogP contribution in [0.1, 0.15) is 40.0 Å². The molecule has 0 aromatic heterocycles. The average molecular weight is 348 g/mol. The molecule has 3 unspecified atom stereocenters. The Kier molecular flexibility index (Phi) is 5.75. The predicted octanol–water partition coefficient (Wildman–Crippen LogP) is 4.66. The third kappa shape index (κ3) is 3.82. The van der Waals surface area contributed by atoms with Crippen LogP contribution in [0.4, 0.5) is 0 Å². The van der Waals surface area contributed by atoms with Gasteiger partial charge in [0.2, 0.25) is 0 Å². The smallest absolute Gasteiger partial charge is 0.0604 e. The summed E-state index contributed by atoms with van der Waals surface area (Å²) in [7, 11) is -1.07. The van der Waals surface area contributed by atoms with Gasteiger partial charge in [-0.1, -0.05) is 50.4 Å². The van der Waals surface area contributed by atoms with Crippen LogP contribution in [0.25, 0.3) is 0 Å². The molecule has 0 amide bonds. The van der Waals surface area contributed by atoms with E-state index in [1.54, 1.807) is 12.1 Å². The Hall–Kier alpha value is -0.0900. The summed E-state index contributed by atoms with van der Waals surface area (Å²) < 4.78 is 13.0. The van der Waals surface area contributed by atoms with Crippen molar-refractivity contribution in [3.05, 3.63) is 28.2 Å². The molecule has 0 aliphatic heterocycles. The highest BCUT2D eigenvalue weighted by Crippen LogP contribution is 2.39. The molecule has 0 bridgehead atoms. The minimum atomic E-state index is -1.07. The number of hydrogen-bond donors (Lipinski definition) is 1. The van der Waals surface area contributed by atoms with Crippen molar-refractivity contribution in [2.45, 2.75) is 56.2 Å². The van der Waals surface area contributed by atoms with Crippen LogP contribution in [0.3, 0.4) is 0 Å². The highest BCUT2D eigenvalue weighted by Gasteiger charge is 2.41. The number of halogens is 2. The maximum atomic E-state index is 13.0. The van der Waals surface area contributed by atoms with Crippen LogP contribution in [-0.2, 0) is 10.8 Å². The zero-order chi connectivity index (χ0) is 15.6. The summed E-state index contributed by atoms with van der Waals surface area (Å²) in [4.78, 5) is 0.773. The lowest BCUT2D eigenvalue weighted by molar-refractivity contribution is 0.174. The first-order valence-electron chi connectivity index (χ1n) is 7.46. The van der Waals surface area contributed by atoms with E-state index in [9.17, 15) is 4.21 Å². The van der Waals surface area contributed by atoms with Gasteiger partial charge in [0, 0.05) is 10.9 Å². The van der Waals surface area contributed by atoms with Crippen LogP contribution in [0.2, 0.25) is 10.0 Å². The van der Waals surface area contributed by atoms with Gasteiger partial charge in [-0.05, 0) is 43.0 Å². The Balaban J connectivity index is 2.28. The van der Waals surface area contributed by atoms with Crippen molar-refractivity contribution in [3.63, 3.8) is 0 Å². The number of nitrogens with one attached hydrogen (secondary N) is 1. The Morgan fingerprint density at radius 3 is 2.67 bits per heavy atom. The van der Waals surface area contributed by atoms with E-state index >= 15 is 0 Å². The fourth-order valence-electron chi connectivity index (χ4n) is 3.22. The van der Waals surface area contributed by atoms with Gasteiger partial charge in [0.25, 0.3) is 0 Å². The lowest BCUT2D eigenvalue weighted by atomic mass is 9.73. The quantitative estimate of drug-likeness (QED) is 0.858. The minimum absolute atomic E-state index is 0.117. The van der Waals surface area contributed by atoms with Crippen molar-refractivity contribution in [2.75, 3.05) is 6.54 Å². The molecule has 0 saturated heterocycles. The maximum Gasteiger partial charge on any atom is 0.0604 e. The molecule has 1 aromatic carbocycles. The SMILES string of the molecule is CCNC1C(S(=O)c2ccc(Cl)c(Cl)c2)CCCC1(C)C. The van der Waals surface area contributed by atoms with Gasteiger partial charge >= 0.3 is 0 Å². The Morgan fingerprint density at radius 1 is 1.33 bits per heavy atom. The lowest BCUT2D eigenvalue weighted by Gasteiger charge is -2.44. The van der Waals surface area contributed by atoms with Crippen LogP contribution in [-0.4, -0.2) is 22.0 Å². The summed E-state index contributed by atoms with van der Waals surface area (Å²) in [5.74, 6) is 0. The Labute approximate surface area is 140 Å². The molecule has 1 aromatic rings. The van der Waals surface area contributed by atoms with E-state index in [0.717, 1.165) is 24.3 Å². The predicted molar refractivity (Wildman–Crippen MR) is 91.8 cm³/mol. The zero-order valence-corrected chi connectivity index (χ0v) is 15.1. The van der Waals surface area contributed by atoms with Gasteiger partial charge < -0.3 is 5.32 Å². The van der Waals surface area contributed by atoms with Crippen molar-refractivity contribution in [1.29, 1.82) is 0 Å². The second kappa shape index (κ2) is 6.99. The molecule has 0 heterocycles. The monoisotopic (exact) mass is 347 g/mol. The third-order valence-corrected chi connectivity index (χ3v) is 6.86. The molecule has 2 rings (SSSR count). The fraction of sp³-hybridized carbons (Fsp3) is 0.625. The van der Waals surface area contributed by atoms with E-state index in [4.69, 9.17) is 23.2 Å². The molecule has 5 heteroatoms.